The van der Waals surface area contributed by atoms with Crippen LogP contribution in [0.4, 0.5) is 0 Å². The molecule has 0 amide bonds. The van der Waals surface area contributed by atoms with Crippen molar-refractivity contribution in [1.82, 2.24) is 9.88 Å². The predicted molar refractivity (Wildman–Crippen MR) is 160 cm³/mol. The van der Waals surface area contributed by atoms with E-state index in [2.05, 4.69) is 52.9 Å². The summed E-state index contributed by atoms with van der Waals surface area (Å²) in [5.41, 5.74) is 2.41. The van der Waals surface area contributed by atoms with E-state index in [9.17, 15) is 4.79 Å². The fraction of sp³-hybridized carbons (Fsp3) is 0.257. The van der Waals surface area contributed by atoms with Gasteiger partial charge >= 0.3 is 5.97 Å². The number of piperidine rings is 3. The van der Waals surface area contributed by atoms with Gasteiger partial charge in [0.15, 0.2) is 0 Å². The number of rotatable bonds is 6. The zero-order valence-corrected chi connectivity index (χ0v) is 22.6. The maximum atomic E-state index is 14.1. The molecule has 2 bridgehead atoms. The molecule has 4 aromatic carbocycles. The van der Waals surface area contributed by atoms with Gasteiger partial charge < -0.3 is 9.47 Å². The molecular weight excluding hydrogens is 496 g/mol. The molecule has 5 heteroatoms. The second kappa shape index (κ2) is 10.1. The van der Waals surface area contributed by atoms with Crippen LogP contribution in [0.5, 0.6) is 5.75 Å². The predicted octanol–water partition coefficient (Wildman–Crippen LogP) is 7.34. The topological polar surface area (TPSA) is 51.7 Å². The summed E-state index contributed by atoms with van der Waals surface area (Å²) >= 11 is 0. The molecule has 40 heavy (non-hydrogen) atoms. The van der Waals surface area contributed by atoms with E-state index in [0.29, 0.717) is 17.4 Å². The zero-order chi connectivity index (χ0) is 27.2. The number of benzene rings is 4. The number of fused-ring (bicyclic) bond motifs is 6. The normalized spacial score (nSPS) is 22.8. The first-order valence-corrected chi connectivity index (χ1v) is 14.0. The van der Waals surface area contributed by atoms with Gasteiger partial charge in [0.1, 0.15) is 11.9 Å². The zero-order valence-electron chi connectivity index (χ0n) is 22.6. The van der Waals surface area contributed by atoms with E-state index in [1.807, 2.05) is 54.7 Å². The number of aromatic nitrogens is 1. The van der Waals surface area contributed by atoms with Gasteiger partial charge in [0, 0.05) is 23.7 Å². The highest BCUT2D eigenvalue weighted by Gasteiger charge is 2.44. The number of methoxy groups -OCH3 is 1. The lowest BCUT2D eigenvalue weighted by Crippen LogP contribution is -2.55. The first kappa shape index (κ1) is 24.8. The molecule has 5 aromatic rings. The molecule has 0 radical (unpaired) electrons. The van der Waals surface area contributed by atoms with Crippen molar-refractivity contribution in [3.63, 3.8) is 0 Å². The van der Waals surface area contributed by atoms with E-state index in [1.165, 1.54) is 0 Å². The summed E-state index contributed by atoms with van der Waals surface area (Å²) < 4.78 is 12.2. The van der Waals surface area contributed by atoms with Crippen molar-refractivity contribution in [2.75, 3.05) is 20.2 Å². The summed E-state index contributed by atoms with van der Waals surface area (Å²) in [4.78, 5) is 21.2. The Morgan fingerprint density at radius 3 is 2.60 bits per heavy atom. The first-order valence-electron chi connectivity index (χ1n) is 14.0. The fourth-order valence-electron chi connectivity index (χ4n) is 6.89. The third kappa shape index (κ3) is 4.22. The van der Waals surface area contributed by atoms with Gasteiger partial charge in [-0.3, -0.25) is 9.88 Å². The van der Waals surface area contributed by atoms with Crippen molar-refractivity contribution < 1.29 is 14.3 Å². The van der Waals surface area contributed by atoms with Crippen LogP contribution >= 0.6 is 0 Å². The van der Waals surface area contributed by atoms with E-state index >= 15 is 0 Å². The second-order valence-electron chi connectivity index (χ2n) is 11.1. The van der Waals surface area contributed by atoms with Crippen molar-refractivity contribution in [3.8, 4) is 5.75 Å². The Kier molecular flexibility index (Phi) is 6.24. The molecule has 1 aromatic heterocycles. The van der Waals surface area contributed by atoms with Gasteiger partial charge in [0.2, 0.25) is 0 Å². The van der Waals surface area contributed by atoms with Crippen LogP contribution in [-0.2, 0) is 4.74 Å². The lowest BCUT2D eigenvalue weighted by Gasteiger charge is -2.51. The molecule has 4 heterocycles. The van der Waals surface area contributed by atoms with Gasteiger partial charge in [-0.2, -0.15) is 0 Å². The summed E-state index contributed by atoms with van der Waals surface area (Å²) in [5, 5.41) is 5.14. The molecule has 3 aliphatic heterocycles. The number of carbonyl (C=O) groups excluding carboxylic acids is 1. The second-order valence-corrected chi connectivity index (χ2v) is 11.1. The summed E-state index contributed by atoms with van der Waals surface area (Å²) in [5.74, 6) is 1.47. The fourth-order valence-corrected chi connectivity index (χ4v) is 6.89. The van der Waals surface area contributed by atoms with Gasteiger partial charge in [-0.1, -0.05) is 42.5 Å². The van der Waals surface area contributed by atoms with Gasteiger partial charge in [-0.05, 0) is 95.2 Å². The van der Waals surface area contributed by atoms with Gasteiger partial charge in [-0.25, -0.2) is 4.79 Å². The summed E-state index contributed by atoms with van der Waals surface area (Å²) in [7, 11) is 1.67. The van der Waals surface area contributed by atoms with E-state index in [1.54, 1.807) is 7.11 Å². The molecular formula is C35H32N2O3. The first-order chi connectivity index (χ1) is 19.6. The maximum absolute atomic E-state index is 14.1. The third-order valence-electron chi connectivity index (χ3n) is 8.99. The number of esters is 1. The van der Waals surface area contributed by atoms with Gasteiger partial charge in [0.05, 0.1) is 24.2 Å². The molecule has 8 rings (SSSR count). The molecule has 3 saturated heterocycles. The molecule has 5 atom stereocenters. The number of carbonyl (C=O) groups is 1. The summed E-state index contributed by atoms with van der Waals surface area (Å²) in [6.07, 6.45) is 5.58. The van der Waals surface area contributed by atoms with Crippen LogP contribution in [0.1, 0.15) is 34.9 Å². The molecule has 1 unspecified atom stereocenters. The number of hydrogen-bond donors (Lipinski definition) is 0. The minimum atomic E-state index is -0.450. The molecule has 5 nitrogen and oxygen atoms in total. The average Bonchev–Trinajstić information content (AvgIpc) is 3.01. The molecule has 0 saturated carbocycles. The number of hydrogen-bond acceptors (Lipinski definition) is 5. The van der Waals surface area contributed by atoms with Crippen molar-refractivity contribution in [1.29, 1.82) is 0 Å². The standard InChI is InChI=1S/C35H32N2O3/c1-3-22-21-37-16-14-25(22)19-33(37)34(28-13-15-36-32-12-11-27(39-2)20-31(28)32)40-35(38)29-10-6-9-26-17-23-7-4-5-8-24(23)18-30(26)29/h3-13,15,17-18,20,22,25,33-34H,1,14,16,19,21H2,2H3/t22-,25-,33-,34+/m0/s1. The largest absolute Gasteiger partial charge is 0.497 e. The van der Waals surface area contributed by atoms with Crippen molar-refractivity contribution in [2.45, 2.75) is 25.0 Å². The van der Waals surface area contributed by atoms with Crippen molar-refractivity contribution in [3.05, 3.63) is 109 Å². The van der Waals surface area contributed by atoms with Crippen LogP contribution in [-0.4, -0.2) is 42.1 Å². The van der Waals surface area contributed by atoms with E-state index in [4.69, 9.17) is 9.47 Å². The molecule has 3 fully saturated rings. The third-order valence-corrected chi connectivity index (χ3v) is 8.99. The monoisotopic (exact) mass is 528 g/mol. The van der Waals surface area contributed by atoms with Crippen LogP contribution in [0.15, 0.2) is 97.7 Å². The molecule has 0 N–H and O–H groups in total. The van der Waals surface area contributed by atoms with Crippen molar-refractivity contribution in [2.24, 2.45) is 11.8 Å². The summed E-state index contributed by atoms with van der Waals surface area (Å²) in [6, 6.07) is 26.3. The molecule has 200 valence electrons. The average molecular weight is 529 g/mol. The Labute approximate surface area is 234 Å². The highest BCUT2D eigenvalue weighted by Crippen LogP contribution is 2.44. The van der Waals surface area contributed by atoms with Crippen LogP contribution in [0, 0.1) is 11.8 Å². The molecule has 0 spiro atoms. The van der Waals surface area contributed by atoms with Crippen LogP contribution in [0.2, 0.25) is 0 Å². The maximum Gasteiger partial charge on any atom is 0.339 e. The minimum Gasteiger partial charge on any atom is -0.497 e. The Morgan fingerprint density at radius 2 is 1.82 bits per heavy atom. The van der Waals surface area contributed by atoms with Crippen molar-refractivity contribution >= 4 is 38.4 Å². The van der Waals surface area contributed by atoms with Crippen LogP contribution in [0.3, 0.4) is 0 Å². The van der Waals surface area contributed by atoms with E-state index < -0.39 is 6.10 Å². The highest BCUT2D eigenvalue weighted by atomic mass is 16.5. The Hall–Kier alpha value is -4.22. The van der Waals surface area contributed by atoms with Crippen LogP contribution in [0.25, 0.3) is 32.4 Å². The lowest BCUT2D eigenvalue weighted by molar-refractivity contribution is -0.0567. The Balaban J connectivity index is 1.33. The van der Waals surface area contributed by atoms with Crippen LogP contribution < -0.4 is 4.74 Å². The number of nitrogens with zero attached hydrogens (tertiary/aromatic N) is 2. The minimum absolute atomic E-state index is 0.0755. The Morgan fingerprint density at radius 1 is 1.00 bits per heavy atom. The van der Waals surface area contributed by atoms with E-state index in [0.717, 1.165) is 69.7 Å². The lowest BCUT2D eigenvalue weighted by atomic mass is 9.73. The van der Waals surface area contributed by atoms with E-state index in [-0.39, 0.29) is 12.0 Å². The smallest absolute Gasteiger partial charge is 0.339 e. The number of ether oxygens (including phenoxy) is 2. The summed E-state index contributed by atoms with van der Waals surface area (Å²) in [6.45, 7) is 6.04. The molecule has 0 aliphatic carbocycles. The van der Waals surface area contributed by atoms with Gasteiger partial charge in [-0.15, -0.1) is 6.58 Å². The quantitative estimate of drug-likeness (QED) is 0.131. The SMILES string of the molecule is C=C[C@H]1CN2CC[C@H]1C[C@H]2[C@H](OC(=O)c1cccc2cc3ccccc3cc12)c1ccnc2ccc(OC)cc12. The number of pyridine rings is 1. The Bertz CT molecular complexity index is 1760. The molecule has 3 aliphatic rings. The van der Waals surface area contributed by atoms with Gasteiger partial charge in [0.25, 0.3) is 0 Å². The highest BCUT2D eigenvalue weighted by molar-refractivity contribution is 6.09.